The molecule has 1 heterocycles. The van der Waals surface area contributed by atoms with Crippen LogP contribution in [0.5, 0.6) is 0 Å². The summed E-state index contributed by atoms with van der Waals surface area (Å²) in [7, 11) is -2.76. The van der Waals surface area contributed by atoms with Crippen molar-refractivity contribution in [2.75, 3.05) is 20.1 Å². The summed E-state index contributed by atoms with van der Waals surface area (Å²) in [6, 6.07) is 3.23. The molecule has 2 rings (SSSR count). The molecule has 0 radical (unpaired) electrons. The Kier molecular flexibility index (Phi) is 5.68. The second kappa shape index (κ2) is 6.69. The Labute approximate surface area is 129 Å². The lowest BCUT2D eigenvalue weighted by atomic mass is 10.2. The third-order valence-electron chi connectivity index (χ3n) is 3.25. The molecule has 0 spiro atoms. The molecule has 118 valence electrons. The number of carbonyl (C=O) groups is 1. The van der Waals surface area contributed by atoms with Crippen LogP contribution in [0.4, 0.5) is 4.39 Å². The number of hydrogen-bond acceptors (Lipinski definition) is 4. The average Bonchev–Trinajstić information content (AvgIpc) is 2.85. The molecule has 1 aromatic rings. The second-order valence-electron chi connectivity index (χ2n) is 4.65. The van der Waals surface area contributed by atoms with Crippen molar-refractivity contribution in [1.29, 1.82) is 0 Å². The SMILES string of the molecule is CNS(=O)(=O)c1cc(C(=O)N2CC[C@@H](N)C2)ccc1F.Cl. The van der Waals surface area contributed by atoms with Crippen molar-refractivity contribution in [3.05, 3.63) is 29.6 Å². The van der Waals surface area contributed by atoms with Gasteiger partial charge in [0.05, 0.1) is 0 Å². The molecule has 3 N–H and O–H groups in total. The molecule has 21 heavy (non-hydrogen) atoms. The summed E-state index contributed by atoms with van der Waals surface area (Å²) in [5, 5.41) is 0. The van der Waals surface area contributed by atoms with E-state index in [1.165, 1.54) is 18.0 Å². The van der Waals surface area contributed by atoms with Crippen molar-refractivity contribution in [1.82, 2.24) is 9.62 Å². The molecule has 0 aliphatic carbocycles. The highest BCUT2D eigenvalue weighted by atomic mass is 35.5. The quantitative estimate of drug-likeness (QED) is 0.831. The summed E-state index contributed by atoms with van der Waals surface area (Å²) in [6.45, 7) is 0.940. The van der Waals surface area contributed by atoms with E-state index in [4.69, 9.17) is 5.73 Å². The maximum Gasteiger partial charge on any atom is 0.253 e. The van der Waals surface area contributed by atoms with Crippen molar-refractivity contribution in [2.45, 2.75) is 17.4 Å². The lowest BCUT2D eigenvalue weighted by Crippen LogP contribution is -2.32. The number of nitrogens with zero attached hydrogens (tertiary/aromatic N) is 1. The smallest absolute Gasteiger partial charge is 0.253 e. The van der Waals surface area contributed by atoms with Gasteiger partial charge in [-0.25, -0.2) is 17.5 Å². The Bertz CT molecular complexity index is 639. The van der Waals surface area contributed by atoms with E-state index in [9.17, 15) is 17.6 Å². The van der Waals surface area contributed by atoms with Crippen LogP contribution in [-0.4, -0.2) is 45.4 Å². The van der Waals surface area contributed by atoms with Crippen molar-refractivity contribution >= 4 is 28.3 Å². The van der Waals surface area contributed by atoms with Gasteiger partial charge in [-0.2, -0.15) is 0 Å². The van der Waals surface area contributed by atoms with Gasteiger partial charge in [-0.05, 0) is 31.7 Å². The molecule has 0 bridgehead atoms. The highest BCUT2D eigenvalue weighted by Gasteiger charge is 2.26. The summed E-state index contributed by atoms with van der Waals surface area (Å²) in [5.41, 5.74) is 5.86. The van der Waals surface area contributed by atoms with Crippen LogP contribution in [0.2, 0.25) is 0 Å². The summed E-state index contributed by atoms with van der Waals surface area (Å²) in [6.07, 6.45) is 0.703. The summed E-state index contributed by atoms with van der Waals surface area (Å²) < 4.78 is 39.0. The fourth-order valence-electron chi connectivity index (χ4n) is 2.11. The molecule has 1 amide bonds. The van der Waals surface area contributed by atoms with E-state index in [1.807, 2.05) is 4.72 Å². The second-order valence-corrected chi connectivity index (χ2v) is 6.51. The van der Waals surface area contributed by atoms with E-state index in [0.29, 0.717) is 19.5 Å². The van der Waals surface area contributed by atoms with Gasteiger partial charge in [0.2, 0.25) is 10.0 Å². The minimum Gasteiger partial charge on any atom is -0.337 e. The van der Waals surface area contributed by atoms with Gasteiger partial charge >= 0.3 is 0 Å². The largest absolute Gasteiger partial charge is 0.337 e. The number of benzene rings is 1. The fraction of sp³-hybridized carbons (Fsp3) is 0.417. The van der Waals surface area contributed by atoms with Gasteiger partial charge in [0.15, 0.2) is 0 Å². The first-order valence-electron chi connectivity index (χ1n) is 6.13. The summed E-state index contributed by atoms with van der Waals surface area (Å²) in [5.74, 6) is -1.24. The lowest BCUT2D eigenvalue weighted by Gasteiger charge is -2.16. The Hall–Kier alpha value is -1.22. The van der Waals surface area contributed by atoms with E-state index >= 15 is 0 Å². The first-order chi connectivity index (χ1) is 9.35. The maximum atomic E-state index is 13.6. The molecule has 0 aromatic heterocycles. The zero-order chi connectivity index (χ0) is 14.9. The first-order valence-corrected chi connectivity index (χ1v) is 7.61. The molecule has 1 aliphatic rings. The van der Waals surface area contributed by atoms with Crippen LogP contribution in [0.15, 0.2) is 23.1 Å². The van der Waals surface area contributed by atoms with Crippen LogP contribution >= 0.6 is 12.4 Å². The molecule has 0 unspecified atom stereocenters. The highest BCUT2D eigenvalue weighted by molar-refractivity contribution is 7.89. The zero-order valence-electron chi connectivity index (χ0n) is 11.4. The molecular weight excluding hydrogens is 321 g/mol. The van der Waals surface area contributed by atoms with Crippen molar-refractivity contribution < 1.29 is 17.6 Å². The van der Waals surface area contributed by atoms with E-state index < -0.39 is 20.7 Å². The molecule has 0 saturated carbocycles. The van der Waals surface area contributed by atoms with Crippen LogP contribution in [0.1, 0.15) is 16.8 Å². The van der Waals surface area contributed by atoms with Crippen molar-refractivity contribution in [3.8, 4) is 0 Å². The Morgan fingerprint density at radius 1 is 1.48 bits per heavy atom. The normalized spacial score (nSPS) is 18.4. The number of hydrogen-bond donors (Lipinski definition) is 2. The Morgan fingerprint density at radius 2 is 2.14 bits per heavy atom. The van der Waals surface area contributed by atoms with Gasteiger partial charge < -0.3 is 10.6 Å². The number of nitrogens with one attached hydrogen (secondary N) is 1. The minimum atomic E-state index is -3.94. The van der Waals surface area contributed by atoms with Gasteiger partial charge in [0.25, 0.3) is 5.91 Å². The van der Waals surface area contributed by atoms with Gasteiger partial charge in [-0.15, -0.1) is 12.4 Å². The van der Waals surface area contributed by atoms with Crippen LogP contribution in [0, 0.1) is 5.82 Å². The topological polar surface area (TPSA) is 92.5 Å². The summed E-state index contributed by atoms with van der Waals surface area (Å²) >= 11 is 0. The molecular formula is C12H17ClFN3O3S. The van der Waals surface area contributed by atoms with Crippen molar-refractivity contribution in [3.63, 3.8) is 0 Å². The Morgan fingerprint density at radius 3 is 2.67 bits per heavy atom. The highest BCUT2D eigenvalue weighted by Crippen LogP contribution is 2.19. The van der Waals surface area contributed by atoms with Gasteiger partial charge in [0.1, 0.15) is 10.7 Å². The zero-order valence-corrected chi connectivity index (χ0v) is 13.0. The van der Waals surface area contributed by atoms with Gasteiger partial charge in [-0.1, -0.05) is 0 Å². The van der Waals surface area contributed by atoms with Crippen molar-refractivity contribution in [2.24, 2.45) is 5.73 Å². The minimum absolute atomic E-state index is 0. The standard InChI is InChI=1S/C12H16FN3O3S.ClH/c1-15-20(18,19)11-6-8(2-3-10(11)13)12(17)16-5-4-9(14)7-16;/h2-3,6,9,15H,4-5,7,14H2,1H3;1H/t9-;/m1./s1. The number of likely N-dealkylation sites (tertiary alicyclic amines) is 1. The predicted octanol–water partition coefficient (Wildman–Crippen LogP) is 0.329. The monoisotopic (exact) mass is 337 g/mol. The van der Waals surface area contributed by atoms with Crippen LogP contribution in [-0.2, 0) is 10.0 Å². The van der Waals surface area contributed by atoms with Crippen LogP contribution in [0.25, 0.3) is 0 Å². The van der Waals surface area contributed by atoms with Crippen LogP contribution in [0.3, 0.4) is 0 Å². The van der Waals surface area contributed by atoms with E-state index in [0.717, 1.165) is 12.1 Å². The molecule has 1 aliphatic heterocycles. The summed E-state index contributed by atoms with van der Waals surface area (Å²) in [4.78, 5) is 13.2. The number of sulfonamides is 1. The molecule has 1 saturated heterocycles. The Balaban J connectivity index is 0.00000220. The van der Waals surface area contributed by atoms with Gasteiger partial charge in [0, 0.05) is 24.7 Å². The number of amides is 1. The number of halogens is 2. The van der Waals surface area contributed by atoms with Gasteiger partial charge in [-0.3, -0.25) is 4.79 Å². The average molecular weight is 338 g/mol. The number of nitrogens with two attached hydrogens (primary N) is 1. The first kappa shape index (κ1) is 17.8. The van der Waals surface area contributed by atoms with E-state index in [1.54, 1.807) is 0 Å². The predicted molar refractivity (Wildman–Crippen MR) is 78.4 cm³/mol. The molecule has 9 heteroatoms. The third-order valence-corrected chi connectivity index (χ3v) is 4.68. The van der Waals surface area contributed by atoms with Crippen LogP contribution < -0.4 is 10.5 Å². The molecule has 1 aromatic carbocycles. The number of carbonyl (C=O) groups excluding carboxylic acids is 1. The maximum absolute atomic E-state index is 13.6. The fourth-order valence-corrected chi connectivity index (χ4v) is 2.93. The lowest BCUT2D eigenvalue weighted by molar-refractivity contribution is 0.0790. The van der Waals surface area contributed by atoms with E-state index in [-0.39, 0.29) is 29.9 Å². The van der Waals surface area contributed by atoms with E-state index in [2.05, 4.69) is 0 Å². The molecule has 1 fully saturated rings. The molecule has 6 nitrogen and oxygen atoms in total. The third kappa shape index (κ3) is 3.70. The molecule has 1 atom stereocenters. The number of rotatable bonds is 3.